The maximum atomic E-state index is 8.65. The molecule has 1 aromatic rings. The highest BCUT2D eigenvalue weighted by Crippen LogP contribution is 2.29. The summed E-state index contributed by atoms with van der Waals surface area (Å²) in [6.45, 7) is 1.41. The van der Waals surface area contributed by atoms with Crippen LogP contribution in [0.2, 0.25) is 0 Å². The van der Waals surface area contributed by atoms with Gasteiger partial charge in [0, 0.05) is 12.1 Å². The van der Waals surface area contributed by atoms with Gasteiger partial charge in [0.1, 0.15) is 24.1 Å². The van der Waals surface area contributed by atoms with Gasteiger partial charge in [0.2, 0.25) is 0 Å². The third-order valence-corrected chi connectivity index (χ3v) is 2.38. The number of ether oxygens (including phenoxy) is 1. The lowest BCUT2D eigenvalue weighted by atomic mass is 10.1. The van der Waals surface area contributed by atoms with Crippen molar-refractivity contribution in [3.05, 3.63) is 29.5 Å². The molecule has 0 spiro atoms. The van der Waals surface area contributed by atoms with Crippen molar-refractivity contribution in [3.63, 3.8) is 0 Å². The molecule has 0 saturated heterocycles. The molecule has 1 aromatic carbocycles. The van der Waals surface area contributed by atoms with Crippen LogP contribution in [-0.4, -0.2) is 13.2 Å². The zero-order chi connectivity index (χ0) is 11.5. The Morgan fingerprint density at radius 2 is 2.25 bits per heavy atom. The molecule has 16 heavy (non-hydrogen) atoms. The number of nitrogens with zero attached hydrogens (tertiary/aromatic N) is 1. The van der Waals surface area contributed by atoms with E-state index in [1.807, 2.05) is 12.1 Å². The quantitative estimate of drug-likeness (QED) is 0.597. The maximum Gasteiger partial charge on any atom is 0.143 e. The first-order valence-corrected chi connectivity index (χ1v) is 4.89. The number of nitrogens with one attached hydrogen (secondary N) is 1. The summed E-state index contributed by atoms with van der Waals surface area (Å²) in [6, 6.07) is 7.27. The van der Waals surface area contributed by atoms with Crippen LogP contribution in [0.15, 0.2) is 23.9 Å². The zero-order valence-corrected chi connectivity index (χ0v) is 8.66. The van der Waals surface area contributed by atoms with Crippen molar-refractivity contribution in [2.45, 2.75) is 0 Å². The molecule has 5 N–H and O–H groups in total. The Hall–Kier alpha value is -2.35. The predicted molar refractivity (Wildman–Crippen MR) is 61.3 cm³/mol. The van der Waals surface area contributed by atoms with E-state index in [-0.39, 0.29) is 11.4 Å². The highest BCUT2D eigenvalue weighted by Gasteiger charge is 2.11. The number of benzene rings is 1. The Morgan fingerprint density at radius 3 is 3.00 bits per heavy atom. The fourth-order valence-corrected chi connectivity index (χ4v) is 1.52. The molecule has 0 atom stereocenters. The highest BCUT2D eigenvalue weighted by atomic mass is 16.5. The van der Waals surface area contributed by atoms with Crippen molar-refractivity contribution in [2.24, 2.45) is 11.5 Å². The molecule has 5 nitrogen and oxygen atoms in total. The van der Waals surface area contributed by atoms with Gasteiger partial charge in [-0.1, -0.05) is 6.07 Å². The van der Waals surface area contributed by atoms with Gasteiger partial charge in [-0.25, -0.2) is 0 Å². The minimum Gasteiger partial charge on any atom is -0.490 e. The van der Waals surface area contributed by atoms with Gasteiger partial charge in [0.15, 0.2) is 0 Å². The third-order valence-electron chi connectivity index (χ3n) is 2.38. The summed E-state index contributed by atoms with van der Waals surface area (Å²) in [4.78, 5) is 0. The molecule has 0 radical (unpaired) electrons. The van der Waals surface area contributed by atoms with Gasteiger partial charge in [0.25, 0.3) is 0 Å². The summed E-state index contributed by atoms with van der Waals surface area (Å²) >= 11 is 0. The average molecular weight is 216 g/mol. The van der Waals surface area contributed by atoms with Crippen LogP contribution in [0.5, 0.6) is 5.75 Å². The number of rotatable bonds is 1. The Balaban J connectivity index is 2.42. The van der Waals surface area contributed by atoms with Crippen LogP contribution in [0, 0.1) is 11.3 Å². The molecule has 1 heterocycles. The van der Waals surface area contributed by atoms with Crippen molar-refractivity contribution in [2.75, 3.05) is 18.5 Å². The van der Waals surface area contributed by atoms with Gasteiger partial charge in [-0.2, -0.15) is 5.26 Å². The van der Waals surface area contributed by atoms with E-state index in [2.05, 4.69) is 5.32 Å². The van der Waals surface area contributed by atoms with Gasteiger partial charge in [-0.05, 0) is 12.1 Å². The number of allylic oxidation sites excluding steroid dienone is 1. The molecule has 0 aromatic heterocycles. The molecule has 1 aliphatic rings. The first-order valence-electron chi connectivity index (χ1n) is 4.89. The minimum absolute atomic E-state index is 0.0173. The second-order valence-electron chi connectivity index (χ2n) is 3.43. The van der Waals surface area contributed by atoms with Gasteiger partial charge < -0.3 is 21.5 Å². The lowest BCUT2D eigenvalue weighted by molar-refractivity contribution is 0.323. The van der Waals surface area contributed by atoms with Crippen molar-refractivity contribution in [3.8, 4) is 11.8 Å². The summed E-state index contributed by atoms with van der Waals surface area (Å²) in [7, 11) is 0. The molecule has 0 bridgehead atoms. The zero-order valence-electron chi connectivity index (χ0n) is 8.66. The lowest BCUT2D eigenvalue weighted by Crippen LogP contribution is -2.18. The molecule has 2 rings (SSSR count). The highest BCUT2D eigenvalue weighted by molar-refractivity contribution is 5.72. The summed E-state index contributed by atoms with van der Waals surface area (Å²) in [6.07, 6.45) is 0. The minimum atomic E-state index is 0.0173. The van der Waals surface area contributed by atoms with Gasteiger partial charge in [0.05, 0.1) is 11.4 Å². The van der Waals surface area contributed by atoms with Crippen molar-refractivity contribution in [1.29, 1.82) is 5.26 Å². The monoisotopic (exact) mass is 216 g/mol. The molecular formula is C11H12N4O. The van der Waals surface area contributed by atoms with Crippen LogP contribution in [0.25, 0.3) is 5.70 Å². The van der Waals surface area contributed by atoms with Gasteiger partial charge >= 0.3 is 0 Å². The number of nitrogens with two attached hydrogens (primary N) is 2. The van der Waals surface area contributed by atoms with E-state index < -0.39 is 0 Å². The first-order chi connectivity index (χ1) is 7.72. The van der Waals surface area contributed by atoms with Crippen molar-refractivity contribution >= 4 is 11.4 Å². The van der Waals surface area contributed by atoms with E-state index in [0.29, 0.717) is 12.2 Å². The number of anilines is 1. The molecule has 5 heteroatoms. The number of nitriles is 1. The Bertz CT molecular complexity index is 487. The summed E-state index contributed by atoms with van der Waals surface area (Å²) in [5.74, 6) is 0.734. The number of fused-ring (bicyclic) bond motifs is 1. The Kier molecular flexibility index (Phi) is 2.56. The third kappa shape index (κ3) is 1.73. The predicted octanol–water partition coefficient (Wildman–Crippen LogP) is 0.600. The van der Waals surface area contributed by atoms with Gasteiger partial charge in [-0.15, -0.1) is 0 Å². The molecule has 0 saturated carbocycles. The van der Waals surface area contributed by atoms with E-state index in [9.17, 15) is 0 Å². The second kappa shape index (κ2) is 4.03. The molecule has 0 unspecified atom stereocenters. The summed E-state index contributed by atoms with van der Waals surface area (Å²) < 4.78 is 5.46. The van der Waals surface area contributed by atoms with E-state index >= 15 is 0 Å². The van der Waals surface area contributed by atoms with Crippen LogP contribution in [0.4, 0.5) is 5.69 Å². The topological polar surface area (TPSA) is 97.1 Å². The number of hydrogen-bond acceptors (Lipinski definition) is 5. The smallest absolute Gasteiger partial charge is 0.143 e. The van der Waals surface area contributed by atoms with Crippen LogP contribution in [0.1, 0.15) is 5.56 Å². The van der Waals surface area contributed by atoms with E-state index in [0.717, 1.165) is 18.0 Å². The fraction of sp³-hybridized carbons (Fsp3) is 0.182. The molecule has 82 valence electrons. The standard InChI is InChI=1S/C11H12N4O/c12-6-8(13)11(14)7-1-2-9-10(5-7)16-4-3-15-9/h1-2,5,15H,3-4,13-14H2/b11-8-. The molecule has 0 amide bonds. The average Bonchev–Trinajstić information content (AvgIpc) is 2.36. The maximum absolute atomic E-state index is 8.65. The molecular weight excluding hydrogens is 204 g/mol. The van der Waals surface area contributed by atoms with Crippen molar-refractivity contribution < 1.29 is 4.74 Å². The SMILES string of the molecule is N#C/C(N)=C(/N)c1ccc2c(c1)OCCN2. The van der Waals surface area contributed by atoms with E-state index in [1.54, 1.807) is 12.1 Å². The largest absolute Gasteiger partial charge is 0.490 e. The Morgan fingerprint density at radius 1 is 1.44 bits per heavy atom. The molecule has 0 aliphatic carbocycles. The van der Waals surface area contributed by atoms with Gasteiger partial charge in [-0.3, -0.25) is 0 Å². The van der Waals surface area contributed by atoms with Crippen LogP contribution >= 0.6 is 0 Å². The van der Waals surface area contributed by atoms with E-state index in [1.165, 1.54) is 0 Å². The molecule has 1 aliphatic heterocycles. The normalized spacial score (nSPS) is 14.9. The second-order valence-corrected chi connectivity index (χ2v) is 3.43. The van der Waals surface area contributed by atoms with Crippen LogP contribution in [-0.2, 0) is 0 Å². The summed E-state index contributed by atoms with van der Waals surface area (Å²) in [5, 5.41) is 11.8. The lowest BCUT2D eigenvalue weighted by Gasteiger charge is -2.19. The summed E-state index contributed by atoms with van der Waals surface area (Å²) in [5.41, 5.74) is 13.1. The van der Waals surface area contributed by atoms with Crippen LogP contribution < -0.4 is 21.5 Å². The van der Waals surface area contributed by atoms with E-state index in [4.69, 9.17) is 21.5 Å². The Labute approximate surface area is 93.3 Å². The first kappa shape index (κ1) is 10.2. The van der Waals surface area contributed by atoms with Crippen molar-refractivity contribution in [1.82, 2.24) is 0 Å². The number of hydrogen-bond donors (Lipinski definition) is 3. The fourth-order valence-electron chi connectivity index (χ4n) is 1.52. The molecule has 0 fully saturated rings. The van der Waals surface area contributed by atoms with Crippen LogP contribution in [0.3, 0.4) is 0 Å².